The third kappa shape index (κ3) is 2.74. The van der Waals surface area contributed by atoms with Gasteiger partial charge in [0.25, 0.3) is 0 Å². The van der Waals surface area contributed by atoms with E-state index in [0.717, 1.165) is 12.1 Å². The molecule has 1 aromatic carbocycles. The highest BCUT2D eigenvalue weighted by Crippen LogP contribution is 2.53. The molecule has 0 aliphatic rings. The molecular formula is C10H6F7N3S. The van der Waals surface area contributed by atoms with Crippen molar-refractivity contribution in [1.82, 2.24) is 9.97 Å². The number of imidazole rings is 1. The minimum atomic E-state index is -6.36. The van der Waals surface area contributed by atoms with Crippen LogP contribution in [-0.4, -0.2) is 27.3 Å². The number of benzene rings is 1. The Hall–Kier alpha value is -1.65. The molecule has 2 rings (SSSR count). The minimum Gasteiger partial charge on any atom is -0.369 e. The van der Waals surface area contributed by atoms with Gasteiger partial charge in [-0.1, -0.05) is 0 Å². The van der Waals surface area contributed by atoms with Crippen molar-refractivity contribution < 1.29 is 30.7 Å². The van der Waals surface area contributed by atoms with Crippen LogP contribution in [0.1, 0.15) is 0 Å². The van der Waals surface area contributed by atoms with Crippen LogP contribution < -0.4 is 5.73 Å². The average molecular weight is 333 g/mol. The van der Waals surface area contributed by atoms with Crippen molar-refractivity contribution in [3.8, 4) is 0 Å². The Morgan fingerprint density at radius 3 is 2.24 bits per heavy atom. The number of anilines is 1. The second-order valence-electron chi connectivity index (χ2n) is 3.99. The molecule has 3 N–H and O–H groups in total. The summed E-state index contributed by atoms with van der Waals surface area (Å²) < 4.78 is 88.1. The van der Waals surface area contributed by atoms with Crippen LogP contribution in [0.4, 0.5) is 36.7 Å². The van der Waals surface area contributed by atoms with Gasteiger partial charge in [-0.3, -0.25) is 0 Å². The lowest BCUT2D eigenvalue weighted by Crippen LogP contribution is -2.49. The number of fused-ring (bicyclic) bond motifs is 1. The Balaban J connectivity index is 2.33. The van der Waals surface area contributed by atoms with Gasteiger partial charge in [-0.15, -0.1) is 0 Å². The average Bonchev–Trinajstić information content (AvgIpc) is 2.66. The van der Waals surface area contributed by atoms with E-state index >= 15 is 0 Å². The first-order valence-corrected chi connectivity index (χ1v) is 6.02. The van der Waals surface area contributed by atoms with Gasteiger partial charge in [-0.25, -0.2) is 4.98 Å². The Morgan fingerprint density at radius 1 is 1.05 bits per heavy atom. The Morgan fingerprint density at radius 2 is 1.67 bits per heavy atom. The summed E-state index contributed by atoms with van der Waals surface area (Å²) in [5, 5.41) is -5.36. The van der Waals surface area contributed by atoms with Crippen molar-refractivity contribution in [2.75, 3.05) is 5.73 Å². The third-order valence-electron chi connectivity index (χ3n) is 2.44. The van der Waals surface area contributed by atoms with Gasteiger partial charge in [0, 0.05) is 4.90 Å². The molecule has 116 valence electrons. The van der Waals surface area contributed by atoms with Crippen molar-refractivity contribution in [2.45, 2.75) is 22.2 Å². The van der Waals surface area contributed by atoms with Gasteiger partial charge in [0.1, 0.15) is 0 Å². The number of thioether (sulfide) groups is 1. The van der Waals surface area contributed by atoms with Gasteiger partial charge in [0.2, 0.25) is 0 Å². The highest BCUT2D eigenvalue weighted by Gasteiger charge is 2.73. The predicted molar refractivity (Wildman–Crippen MR) is 62.3 cm³/mol. The van der Waals surface area contributed by atoms with E-state index in [1.54, 1.807) is 0 Å². The zero-order chi connectivity index (χ0) is 16.1. The molecule has 11 heteroatoms. The number of nitrogens with zero attached hydrogens (tertiary/aromatic N) is 1. The number of nitrogens with one attached hydrogen (secondary N) is 1. The van der Waals surface area contributed by atoms with Crippen LogP contribution in [-0.2, 0) is 0 Å². The van der Waals surface area contributed by atoms with Crippen molar-refractivity contribution in [3.05, 3.63) is 18.2 Å². The lowest BCUT2D eigenvalue weighted by atomic mass is 10.3. The molecule has 2 aromatic rings. The number of hydrogen-bond acceptors (Lipinski definition) is 3. The Labute approximate surface area is 116 Å². The Kier molecular flexibility index (Phi) is 3.51. The van der Waals surface area contributed by atoms with Crippen LogP contribution in [0.3, 0.4) is 0 Å². The number of hydrogen-bond donors (Lipinski definition) is 2. The van der Waals surface area contributed by atoms with Crippen molar-refractivity contribution in [3.63, 3.8) is 0 Å². The molecule has 1 aromatic heterocycles. The van der Waals surface area contributed by atoms with E-state index in [0.29, 0.717) is 0 Å². The maximum Gasteiger partial charge on any atom is 0.460 e. The molecule has 0 amide bonds. The van der Waals surface area contributed by atoms with Gasteiger partial charge in [-0.05, 0) is 30.0 Å². The molecule has 0 spiro atoms. The predicted octanol–water partition coefficient (Wildman–Crippen LogP) is 4.03. The number of alkyl halides is 7. The fourth-order valence-electron chi connectivity index (χ4n) is 1.45. The van der Waals surface area contributed by atoms with E-state index in [1.165, 1.54) is 6.07 Å². The molecule has 3 nitrogen and oxygen atoms in total. The van der Waals surface area contributed by atoms with Gasteiger partial charge in [-0.2, -0.15) is 30.7 Å². The summed E-state index contributed by atoms with van der Waals surface area (Å²) in [5.74, 6) is -6.20. The lowest BCUT2D eigenvalue weighted by Gasteiger charge is -2.27. The van der Waals surface area contributed by atoms with E-state index in [4.69, 9.17) is 5.73 Å². The first kappa shape index (κ1) is 15.7. The highest BCUT2D eigenvalue weighted by atomic mass is 32.2. The molecule has 0 aliphatic heterocycles. The van der Waals surface area contributed by atoms with E-state index in [2.05, 4.69) is 9.97 Å². The quantitative estimate of drug-likeness (QED) is 0.659. The van der Waals surface area contributed by atoms with Gasteiger partial charge < -0.3 is 10.7 Å². The van der Waals surface area contributed by atoms with Crippen molar-refractivity contribution in [2.24, 2.45) is 0 Å². The number of rotatable bonds is 3. The standard InChI is InChI=1S/C10H6F7N3S/c11-8(12,9(13,14)15)10(16,17)21-4-1-2-5-6(3-4)20-7(18)19-5/h1-3H,(H3,18,19,20). The summed E-state index contributed by atoms with van der Waals surface area (Å²) in [6.45, 7) is 0. The second-order valence-corrected chi connectivity index (χ2v) is 5.18. The topological polar surface area (TPSA) is 54.7 Å². The fraction of sp³-hybridized carbons (Fsp3) is 0.300. The van der Waals surface area contributed by atoms with Crippen LogP contribution in [0, 0.1) is 0 Å². The maximum atomic E-state index is 13.2. The summed E-state index contributed by atoms with van der Waals surface area (Å²) in [5.41, 5.74) is 5.71. The first-order valence-electron chi connectivity index (χ1n) is 5.21. The summed E-state index contributed by atoms with van der Waals surface area (Å²) in [6.07, 6.45) is -6.36. The first-order chi connectivity index (χ1) is 9.44. The number of nitrogen functional groups attached to an aromatic ring is 1. The monoisotopic (exact) mass is 333 g/mol. The number of halogens is 7. The van der Waals surface area contributed by atoms with E-state index in [1.807, 2.05) is 0 Å². The zero-order valence-electron chi connectivity index (χ0n) is 9.81. The molecule has 0 aliphatic carbocycles. The lowest BCUT2D eigenvalue weighted by molar-refractivity contribution is -0.330. The molecular weight excluding hydrogens is 327 g/mol. The molecule has 0 atom stereocenters. The SMILES string of the molecule is Nc1nc2ccc(SC(F)(F)C(F)(F)C(F)(F)F)cc2[nH]1. The molecule has 0 saturated heterocycles. The Bertz CT molecular complexity index is 664. The molecule has 0 radical (unpaired) electrons. The van der Waals surface area contributed by atoms with E-state index in [9.17, 15) is 30.7 Å². The van der Waals surface area contributed by atoms with Crippen LogP contribution in [0.15, 0.2) is 23.1 Å². The number of aromatic amines is 1. The van der Waals surface area contributed by atoms with Crippen LogP contribution in [0.5, 0.6) is 0 Å². The largest absolute Gasteiger partial charge is 0.460 e. The molecule has 0 unspecified atom stereocenters. The molecule has 1 heterocycles. The number of H-pyrrole nitrogens is 1. The van der Waals surface area contributed by atoms with Gasteiger partial charge in [0.15, 0.2) is 5.95 Å². The van der Waals surface area contributed by atoms with E-state index in [-0.39, 0.29) is 17.0 Å². The zero-order valence-corrected chi connectivity index (χ0v) is 10.6. The molecule has 0 saturated carbocycles. The number of nitrogens with two attached hydrogens (primary N) is 1. The van der Waals surface area contributed by atoms with Crippen LogP contribution in [0.2, 0.25) is 0 Å². The van der Waals surface area contributed by atoms with Gasteiger partial charge in [0.05, 0.1) is 11.0 Å². The fourth-order valence-corrected chi connectivity index (χ4v) is 2.30. The normalized spacial score (nSPS) is 13.9. The molecule has 0 bridgehead atoms. The van der Waals surface area contributed by atoms with Crippen molar-refractivity contribution >= 4 is 28.7 Å². The summed E-state index contributed by atoms with van der Waals surface area (Å²) >= 11 is -0.888. The van der Waals surface area contributed by atoms with Crippen LogP contribution in [0.25, 0.3) is 11.0 Å². The highest BCUT2D eigenvalue weighted by molar-refractivity contribution is 8.00. The summed E-state index contributed by atoms with van der Waals surface area (Å²) in [6, 6.07) is 3.09. The third-order valence-corrected chi connectivity index (χ3v) is 3.44. The summed E-state index contributed by atoms with van der Waals surface area (Å²) in [4.78, 5) is 5.70. The minimum absolute atomic E-state index is 0.0421. The van der Waals surface area contributed by atoms with E-state index < -0.39 is 34.0 Å². The van der Waals surface area contributed by atoms with Gasteiger partial charge >= 0.3 is 17.4 Å². The maximum absolute atomic E-state index is 13.2. The molecule has 0 fully saturated rings. The smallest absolute Gasteiger partial charge is 0.369 e. The summed E-state index contributed by atoms with van der Waals surface area (Å²) in [7, 11) is 0. The van der Waals surface area contributed by atoms with Crippen molar-refractivity contribution in [1.29, 1.82) is 0 Å². The van der Waals surface area contributed by atoms with Crippen LogP contribution >= 0.6 is 11.8 Å². The molecule has 21 heavy (non-hydrogen) atoms. The second kappa shape index (κ2) is 4.68. The number of aromatic nitrogens is 2.